The van der Waals surface area contributed by atoms with Gasteiger partial charge in [-0.15, -0.1) is 0 Å². The van der Waals surface area contributed by atoms with Crippen LogP contribution in [-0.2, 0) is 20.4 Å². The van der Waals surface area contributed by atoms with E-state index in [1.54, 1.807) is 24.3 Å². The van der Waals surface area contributed by atoms with Gasteiger partial charge < -0.3 is 9.47 Å². The van der Waals surface area contributed by atoms with E-state index >= 15 is 0 Å². The molecule has 2 heterocycles. The van der Waals surface area contributed by atoms with Crippen molar-refractivity contribution in [3.05, 3.63) is 45.8 Å². The van der Waals surface area contributed by atoms with Crippen LogP contribution in [0, 0.1) is 0 Å². The maximum absolute atomic E-state index is 13.4. The van der Waals surface area contributed by atoms with Crippen molar-refractivity contribution < 1.29 is 27.4 Å². The quantitative estimate of drug-likeness (QED) is 0.668. The van der Waals surface area contributed by atoms with Crippen LogP contribution in [0.15, 0.2) is 30.3 Å². The van der Waals surface area contributed by atoms with Crippen molar-refractivity contribution in [3.63, 3.8) is 0 Å². The highest BCUT2D eigenvalue weighted by Gasteiger charge is 2.42. The Balaban J connectivity index is 2.21. The van der Waals surface area contributed by atoms with Gasteiger partial charge >= 0.3 is 12.1 Å². The summed E-state index contributed by atoms with van der Waals surface area (Å²) in [6.45, 7) is 2.87. The molecule has 9 heteroatoms. The first-order chi connectivity index (χ1) is 11.6. The maximum Gasteiger partial charge on any atom is 0.427 e. The Kier molecular flexibility index (Phi) is 4.28. The number of aromatic nitrogens is 1. The molecule has 0 aliphatic carbocycles. The lowest BCUT2D eigenvalue weighted by Crippen LogP contribution is -2.34. The first-order valence-corrected chi connectivity index (χ1v) is 8.19. The van der Waals surface area contributed by atoms with E-state index in [9.17, 15) is 18.0 Å². The number of carbonyl (C=O) groups is 1. The van der Waals surface area contributed by atoms with Crippen molar-refractivity contribution in [2.45, 2.75) is 25.8 Å². The lowest BCUT2D eigenvalue weighted by Gasteiger charge is -2.31. The van der Waals surface area contributed by atoms with E-state index in [2.05, 4.69) is 4.37 Å². The van der Waals surface area contributed by atoms with E-state index in [0.29, 0.717) is 22.1 Å². The second-order valence-corrected chi connectivity index (χ2v) is 6.88. The molecular weight excluding hydrogens is 379 g/mol. The predicted octanol–water partition coefficient (Wildman–Crippen LogP) is 5.13. The highest BCUT2D eigenvalue weighted by Crippen LogP contribution is 2.45. The van der Waals surface area contributed by atoms with Crippen LogP contribution in [-0.4, -0.2) is 16.1 Å². The minimum absolute atomic E-state index is 0.0609. The van der Waals surface area contributed by atoms with Gasteiger partial charge in [0.05, 0.1) is 17.3 Å². The van der Waals surface area contributed by atoms with Crippen LogP contribution in [0.3, 0.4) is 0 Å². The lowest BCUT2D eigenvalue weighted by atomic mass is 10.0. The third kappa shape index (κ3) is 3.64. The molecule has 4 nitrogen and oxygen atoms in total. The van der Waals surface area contributed by atoms with E-state index in [4.69, 9.17) is 21.1 Å². The second-order valence-electron chi connectivity index (χ2n) is 5.67. The smallest absolute Gasteiger partial charge is 0.427 e. The van der Waals surface area contributed by atoms with Gasteiger partial charge in [0.25, 0.3) is 0 Å². The summed E-state index contributed by atoms with van der Waals surface area (Å²) in [4.78, 5) is 10.8. The molecule has 25 heavy (non-hydrogen) atoms. The van der Waals surface area contributed by atoms with Crippen LogP contribution in [0.1, 0.15) is 24.3 Å². The van der Waals surface area contributed by atoms with E-state index in [-0.39, 0.29) is 17.0 Å². The fraction of sp³-hybridized carbons (Fsp3) is 0.250. The molecule has 0 unspecified atom stereocenters. The summed E-state index contributed by atoms with van der Waals surface area (Å²) in [5.41, 5.74) is 0.197. The molecule has 1 aromatic carbocycles. The summed E-state index contributed by atoms with van der Waals surface area (Å²) in [6.07, 6.45) is -3.75. The monoisotopic (exact) mass is 389 g/mol. The maximum atomic E-state index is 13.4. The summed E-state index contributed by atoms with van der Waals surface area (Å²) in [5, 5.41) is 0.439. The number of alkyl halides is 3. The molecule has 3 rings (SSSR count). The fourth-order valence-electron chi connectivity index (χ4n) is 2.33. The number of halogens is 4. The number of ether oxygens (including phenoxy) is 2. The molecule has 0 bridgehead atoms. The van der Waals surface area contributed by atoms with Gasteiger partial charge in [0.1, 0.15) is 10.6 Å². The molecule has 132 valence electrons. The molecule has 0 amide bonds. The molecular formula is C16H11ClF3NO3S. The summed E-state index contributed by atoms with van der Waals surface area (Å²) < 4.78 is 54.7. The first kappa shape index (κ1) is 17.8. The third-order valence-corrected chi connectivity index (χ3v) is 4.41. The molecule has 1 aliphatic heterocycles. The van der Waals surface area contributed by atoms with Gasteiger partial charge in [-0.1, -0.05) is 23.7 Å². The van der Waals surface area contributed by atoms with Gasteiger partial charge in [0.15, 0.2) is 0 Å². The molecule has 1 aromatic heterocycles. The topological polar surface area (TPSA) is 48.4 Å². The Labute approximate surface area is 150 Å². The Bertz CT molecular complexity index is 857. The third-order valence-electron chi connectivity index (χ3n) is 3.26. The molecule has 2 aromatic rings. The van der Waals surface area contributed by atoms with Crippen LogP contribution < -0.4 is 0 Å². The van der Waals surface area contributed by atoms with Gasteiger partial charge in [-0.25, -0.2) is 4.79 Å². The number of nitrogens with zero attached hydrogens (tertiary/aromatic N) is 1. The highest BCUT2D eigenvalue weighted by atomic mass is 35.5. The molecule has 0 N–H and O–H groups in total. The van der Waals surface area contributed by atoms with E-state index < -0.39 is 22.8 Å². The van der Waals surface area contributed by atoms with Gasteiger partial charge in [-0.2, -0.15) is 17.5 Å². The zero-order chi connectivity index (χ0) is 18.4. The number of benzene rings is 1. The van der Waals surface area contributed by atoms with Crippen molar-refractivity contribution >= 4 is 34.9 Å². The minimum Gasteiger partial charge on any atom is -0.452 e. The number of cyclic esters (lactones) is 1. The zero-order valence-corrected chi connectivity index (χ0v) is 14.6. The molecule has 0 atom stereocenters. The molecule has 0 spiro atoms. The molecule has 0 saturated heterocycles. The van der Waals surface area contributed by atoms with Crippen molar-refractivity contribution in [2.24, 2.45) is 0 Å². The number of hydrogen-bond donors (Lipinski definition) is 0. The summed E-state index contributed by atoms with van der Waals surface area (Å²) in [7, 11) is 0. The Morgan fingerprint density at radius 3 is 2.36 bits per heavy atom. The zero-order valence-electron chi connectivity index (χ0n) is 13.0. The minimum atomic E-state index is -4.65. The van der Waals surface area contributed by atoms with Gasteiger partial charge in [0, 0.05) is 24.4 Å². The first-order valence-electron chi connectivity index (χ1n) is 7.04. The van der Waals surface area contributed by atoms with Crippen molar-refractivity contribution in [1.82, 2.24) is 4.37 Å². The number of carbonyl (C=O) groups excluding carboxylic acids is 1. The number of rotatable bonds is 2. The van der Waals surface area contributed by atoms with Crippen LogP contribution in [0.25, 0.3) is 17.0 Å². The fourth-order valence-corrected chi connectivity index (χ4v) is 3.23. The SMILES string of the molecule is CC1(C)OC(=O)C=C(c2c(-c3ccc(Cl)cc3)nsc2C(F)(F)F)O1. The number of hydrogen-bond acceptors (Lipinski definition) is 5. The molecule has 0 radical (unpaired) electrons. The van der Waals surface area contributed by atoms with E-state index in [0.717, 1.165) is 6.08 Å². The molecule has 1 aliphatic rings. The van der Waals surface area contributed by atoms with Crippen molar-refractivity contribution in [1.29, 1.82) is 0 Å². The summed E-state index contributed by atoms with van der Waals surface area (Å²) in [6, 6.07) is 6.19. The Hall–Kier alpha value is -2.06. The van der Waals surface area contributed by atoms with E-state index in [1.165, 1.54) is 13.8 Å². The van der Waals surface area contributed by atoms with Crippen molar-refractivity contribution in [2.75, 3.05) is 0 Å². The van der Waals surface area contributed by atoms with Crippen LogP contribution in [0.5, 0.6) is 0 Å². The number of esters is 1. The van der Waals surface area contributed by atoms with Gasteiger partial charge in [-0.05, 0) is 23.7 Å². The Morgan fingerprint density at radius 2 is 1.80 bits per heavy atom. The largest absolute Gasteiger partial charge is 0.452 e. The van der Waals surface area contributed by atoms with Crippen molar-refractivity contribution in [3.8, 4) is 11.3 Å². The van der Waals surface area contributed by atoms with Crippen LogP contribution in [0.4, 0.5) is 13.2 Å². The average molecular weight is 390 g/mol. The average Bonchev–Trinajstić information content (AvgIpc) is 2.90. The van der Waals surface area contributed by atoms with Gasteiger partial charge in [-0.3, -0.25) is 0 Å². The summed E-state index contributed by atoms with van der Waals surface area (Å²) >= 11 is 6.12. The summed E-state index contributed by atoms with van der Waals surface area (Å²) in [5.74, 6) is -2.40. The van der Waals surface area contributed by atoms with Gasteiger partial charge in [0.2, 0.25) is 5.79 Å². The lowest BCUT2D eigenvalue weighted by molar-refractivity contribution is -0.193. The molecule has 0 saturated carbocycles. The van der Waals surface area contributed by atoms with Crippen LogP contribution >= 0.6 is 23.1 Å². The highest BCUT2D eigenvalue weighted by molar-refractivity contribution is 7.06. The second kappa shape index (κ2) is 6.03. The normalized spacial score (nSPS) is 16.9. The predicted molar refractivity (Wildman–Crippen MR) is 86.8 cm³/mol. The standard InChI is InChI=1S/C16H11ClF3NO3S/c1-15(2)23-10(7-11(22)24-15)12-13(8-3-5-9(17)6-4-8)21-25-14(12)16(18,19)20/h3-7H,1-2H3. The van der Waals surface area contributed by atoms with Crippen LogP contribution in [0.2, 0.25) is 5.02 Å². The van der Waals surface area contributed by atoms with E-state index in [1.807, 2.05) is 0 Å². The Morgan fingerprint density at radius 1 is 1.16 bits per heavy atom. The molecule has 0 fully saturated rings.